The summed E-state index contributed by atoms with van der Waals surface area (Å²) >= 11 is 4.38. The minimum Gasteiger partial charge on any atom is -0.480 e. The molecule has 3 N–H and O–H groups in total. The van der Waals surface area contributed by atoms with E-state index in [1.165, 1.54) is 17.5 Å². The Hall–Kier alpha value is -0.460. The summed E-state index contributed by atoms with van der Waals surface area (Å²) in [5.74, 6) is -1.06. The predicted molar refractivity (Wildman–Crippen MR) is 44.4 cm³/mol. The molecule has 0 aliphatic rings. The standard InChI is InChI=1S/C5H5BrN2O2S/c6-2-1-8-4(11-2)3(7)5(9)10/h1,3H,7H2,(H,9,10). The average Bonchev–Trinajstić information content (AvgIpc) is 2.34. The van der Waals surface area contributed by atoms with Gasteiger partial charge < -0.3 is 10.8 Å². The van der Waals surface area contributed by atoms with Gasteiger partial charge in [0, 0.05) is 0 Å². The molecule has 0 aromatic carbocycles. The van der Waals surface area contributed by atoms with Crippen LogP contribution in [-0.2, 0) is 4.79 Å². The molecule has 0 aliphatic carbocycles. The Bertz CT molecular complexity index is 275. The lowest BCUT2D eigenvalue weighted by atomic mass is 10.3. The second-order valence-electron chi connectivity index (χ2n) is 1.82. The van der Waals surface area contributed by atoms with E-state index in [9.17, 15) is 4.79 Å². The van der Waals surface area contributed by atoms with Crippen molar-refractivity contribution in [1.29, 1.82) is 0 Å². The number of carboxylic acid groups (broad SMARTS) is 1. The lowest BCUT2D eigenvalue weighted by molar-refractivity contribution is -0.138. The third-order valence-corrected chi connectivity index (χ3v) is 2.59. The first-order chi connectivity index (χ1) is 5.11. The number of aromatic nitrogens is 1. The van der Waals surface area contributed by atoms with Crippen LogP contribution < -0.4 is 5.73 Å². The van der Waals surface area contributed by atoms with Gasteiger partial charge in [-0.1, -0.05) is 0 Å². The molecule has 1 aromatic heterocycles. The summed E-state index contributed by atoms with van der Waals surface area (Å²) in [4.78, 5) is 14.1. The molecule has 0 saturated carbocycles. The number of thiazole rings is 1. The van der Waals surface area contributed by atoms with Crippen molar-refractivity contribution in [2.45, 2.75) is 6.04 Å². The van der Waals surface area contributed by atoms with Crippen molar-refractivity contribution < 1.29 is 9.90 Å². The molecule has 0 aliphatic heterocycles. The number of rotatable bonds is 2. The number of hydrogen-bond acceptors (Lipinski definition) is 4. The molecule has 60 valence electrons. The minimum atomic E-state index is -1.06. The van der Waals surface area contributed by atoms with Gasteiger partial charge in [-0.2, -0.15) is 0 Å². The van der Waals surface area contributed by atoms with Gasteiger partial charge in [0.1, 0.15) is 5.01 Å². The SMILES string of the molecule is NC(C(=O)O)c1ncc(Br)s1. The van der Waals surface area contributed by atoms with Crippen LogP contribution in [-0.4, -0.2) is 16.1 Å². The molecule has 0 saturated heterocycles. The number of hydrogen-bond donors (Lipinski definition) is 2. The van der Waals surface area contributed by atoms with Gasteiger partial charge in [0.15, 0.2) is 6.04 Å². The Balaban J connectivity index is 2.84. The second kappa shape index (κ2) is 3.29. The Labute approximate surface area is 75.2 Å². The largest absolute Gasteiger partial charge is 0.480 e. The zero-order valence-corrected chi connectivity index (χ0v) is 7.72. The molecule has 1 atom stereocenters. The van der Waals surface area contributed by atoms with Gasteiger partial charge >= 0.3 is 5.97 Å². The zero-order chi connectivity index (χ0) is 8.43. The van der Waals surface area contributed by atoms with E-state index in [0.717, 1.165) is 3.79 Å². The van der Waals surface area contributed by atoms with Crippen LogP contribution in [0.25, 0.3) is 0 Å². The van der Waals surface area contributed by atoms with E-state index in [-0.39, 0.29) is 0 Å². The normalized spacial score (nSPS) is 12.9. The van der Waals surface area contributed by atoms with Gasteiger partial charge in [0.2, 0.25) is 0 Å². The van der Waals surface area contributed by atoms with Crippen molar-refractivity contribution in [3.05, 3.63) is 15.0 Å². The summed E-state index contributed by atoms with van der Waals surface area (Å²) < 4.78 is 0.782. The van der Waals surface area contributed by atoms with Crippen LogP contribution in [0.3, 0.4) is 0 Å². The van der Waals surface area contributed by atoms with Crippen molar-refractivity contribution in [3.8, 4) is 0 Å². The monoisotopic (exact) mass is 236 g/mol. The molecule has 0 bridgehead atoms. The molecule has 0 amide bonds. The second-order valence-corrected chi connectivity index (χ2v) is 4.26. The molecule has 1 unspecified atom stereocenters. The van der Waals surface area contributed by atoms with Gasteiger partial charge in [0.25, 0.3) is 0 Å². The third-order valence-electron chi connectivity index (χ3n) is 1.03. The number of halogens is 1. The lowest BCUT2D eigenvalue weighted by Gasteiger charge is -1.98. The highest BCUT2D eigenvalue weighted by Crippen LogP contribution is 2.22. The molecule has 1 heterocycles. The van der Waals surface area contributed by atoms with Gasteiger partial charge in [-0.15, -0.1) is 11.3 Å². The number of nitrogens with zero attached hydrogens (tertiary/aromatic N) is 1. The van der Waals surface area contributed by atoms with Gasteiger partial charge in [-0.25, -0.2) is 4.98 Å². The third kappa shape index (κ3) is 1.98. The van der Waals surface area contributed by atoms with Crippen LogP contribution in [0.4, 0.5) is 0 Å². The fourth-order valence-corrected chi connectivity index (χ4v) is 1.75. The Kier molecular flexibility index (Phi) is 2.58. The predicted octanol–water partition coefficient (Wildman–Crippen LogP) is 0.990. The van der Waals surface area contributed by atoms with Crippen LogP contribution in [0, 0.1) is 0 Å². The molecule has 6 heteroatoms. The summed E-state index contributed by atoms with van der Waals surface area (Å²) in [6.07, 6.45) is 1.53. The molecular formula is C5H5BrN2O2S. The topological polar surface area (TPSA) is 76.2 Å². The fourth-order valence-electron chi connectivity index (χ4n) is 0.516. The number of carboxylic acids is 1. The Morgan fingerprint density at radius 3 is 2.91 bits per heavy atom. The molecule has 4 nitrogen and oxygen atoms in total. The van der Waals surface area contributed by atoms with E-state index in [2.05, 4.69) is 20.9 Å². The van der Waals surface area contributed by atoms with E-state index >= 15 is 0 Å². The van der Waals surface area contributed by atoms with Crippen LogP contribution in [0.2, 0.25) is 0 Å². The number of aliphatic carboxylic acids is 1. The van der Waals surface area contributed by atoms with E-state index in [1.807, 2.05) is 0 Å². The van der Waals surface area contributed by atoms with Crippen molar-refractivity contribution in [2.75, 3.05) is 0 Å². The van der Waals surface area contributed by atoms with Crippen LogP contribution in [0.15, 0.2) is 9.98 Å². The van der Waals surface area contributed by atoms with Crippen molar-refractivity contribution in [3.63, 3.8) is 0 Å². The summed E-state index contributed by atoms with van der Waals surface area (Å²) in [6.45, 7) is 0. The number of nitrogens with two attached hydrogens (primary N) is 1. The van der Waals surface area contributed by atoms with E-state index in [0.29, 0.717) is 5.01 Å². The van der Waals surface area contributed by atoms with Crippen LogP contribution in [0.5, 0.6) is 0 Å². The summed E-state index contributed by atoms with van der Waals surface area (Å²) in [7, 11) is 0. The maximum Gasteiger partial charge on any atom is 0.327 e. The molecule has 11 heavy (non-hydrogen) atoms. The molecular weight excluding hydrogens is 232 g/mol. The van der Waals surface area contributed by atoms with Crippen LogP contribution >= 0.6 is 27.3 Å². The fraction of sp³-hybridized carbons (Fsp3) is 0.200. The highest BCUT2D eigenvalue weighted by molar-refractivity contribution is 9.11. The van der Waals surface area contributed by atoms with E-state index in [4.69, 9.17) is 10.8 Å². The summed E-state index contributed by atoms with van der Waals surface area (Å²) in [6, 6.07) is -1.01. The first kappa shape index (κ1) is 8.63. The van der Waals surface area contributed by atoms with Crippen molar-refractivity contribution in [2.24, 2.45) is 5.73 Å². The first-order valence-electron chi connectivity index (χ1n) is 2.71. The number of carbonyl (C=O) groups is 1. The Morgan fingerprint density at radius 2 is 2.55 bits per heavy atom. The summed E-state index contributed by atoms with van der Waals surface area (Å²) in [5, 5.41) is 8.88. The zero-order valence-electron chi connectivity index (χ0n) is 5.32. The first-order valence-corrected chi connectivity index (χ1v) is 4.32. The molecule has 1 rings (SSSR count). The molecule has 0 spiro atoms. The lowest BCUT2D eigenvalue weighted by Crippen LogP contribution is -2.20. The molecule has 0 fully saturated rings. The quantitative estimate of drug-likeness (QED) is 0.804. The molecule has 0 radical (unpaired) electrons. The van der Waals surface area contributed by atoms with Gasteiger partial charge in [-0.05, 0) is 15.9 Å². The molecule has 1 aromatic rings. The maximum atomic E-state index is 10.3. The van der Waals surface area contributed by atoms with E-state index < -0.39 is 12.0 Å². The highest BCUT2D eigenvalue weighted by atomic mass is 79.9. The van der Waals surface area contributed by atoms with Crippen LogP contribution in [0.1, 0.15) is 11.0 Å². The van der Waals surface area contributed by atoms with Gasteiger partial charge in [0.05, 0.1) is 9.98 Å². The summed E-state index contributed by atoms with van der Waals surface area (Å²) in [5.41, 5.74) is 5.28. The Morgan fingerprint density at radius 1 is 1.91 bits per heavy atom. The van der Waals surface area contributed by atoms with Crippen molar-refractivity contribution in [1.82, 2.24) is 4.98 Å². The maximum absolute atomic E-state index is 10.3. The van der Waals surface area contributed by atoms with Crippen molar-refractivity contribution >= 4 is 33.2 Å². The minimum absolute atomic E-state index is 0.407. The smallest absolute Gasteiger partial charge is 0.327 e. The average molecular weight is 237 g/mol. The highest BCUT2D eigenvalue weighted by Gasteiger charge is 2.17. The van der Waals surface area contributed by atoms with Gasteiger partial charge in [-0.3, -0.25) is 4.79 Å². The van der Waals surface area contributed by atoms with E-state index in [1.54, 1.807) is 0 Å².